The molecule has 2 aromatic carbocycles. The van der Waals surface area contributed by atoms with E-state index in [9.17, 15) is 4.79 Å². The second-order valence-electron chi connectivity index (χ2n) is 7.77. The van der Waals surface area contributed by atoms with Crippen molar-refractivity contribution < 1.29 is 19.0 Å². The van der Waals surface area contributed by atoms with Crippen LogP contribution in [0.15, 0.2) is 36.4 Å². The number of ether oxygens (including phenoxy) is 3. The number of rotatable bonds is 6. The molecule has 4 rings (SSSR count). The van der Waals surface area contributed by atoms with Crippen molar-refractivity contribution in [3.05, 3.63) is 53.3 Å². The standard InChI is InChI=1S/C23H26N2O4/c1-5-25-18-11-10-15(22(26)27-6-2)12-17(18)24-20(25)14-28-19-9-7-8-16-13-23(3,4)29-21(16)19/h7-12H,5-6,13-14H2,1-4H3. The number of fused-ring (bicyclic) bond motifs is 2. The molecule has 0 bridgehead atoms. The number of para-hydroxylation sites is 1. The Morgan fingerprint density at radius 3 is 2.83 bits per heavy atom. The van der Waals surface area contributed by atoms with Crippen molar-refractivity contribution in [1.82, 2.24) is 9.55 Å². The first-order valence-corrected chi connectivity index (χ1v) is 10.0. The molecule has 0 fully saturated rings. The van der Waals surface area contributed by atoms with Gasteiger partial charge in [0, 0.05) is 18.5 Å². The number of hydrogen-bond donors (Lipinski definition) is 0. The number of esters is 1. The van der Waals surface area contributed by atoms with Gasteiger partial charge in [-0.05, 0) is 52.0 Å². The Morgan fingerprint density at radius 1 is 1.24 bits per heavy atom. The van der Waals surface area contributed by atoms with Gasteiger partial charge in [0.05, 0.1) is 23.2 Å². The fraction of sp³-hybridized carbons (Fsp3) is 0.391. The fourth-order valence-electron chi connectivity index (χ4n) is 3.83. The molecule has 2 heterocycles. The molecule has 0 saturated carbocycles. The van der Waals surface area contributed by atoms with Crippen molar-refractivity contribution in [2.24, 2.45) is 0 Å². The summed E-state index contributed by atoms with van der Waals surface area (Å²) in [5, 5.41) is 0. The Hall–Kier alpha value is -3.02. The van der Waals surface area contributed by atoms with E-state index in [1.54, 1.807) is 19.1 Å². The molecular weight excluding hydrogens is 368 g/mol. The second-order valence-corrected chi connectivity index (χ2v) is 7.77. The van der Waals surface area contributed by atoms with Gasteiger partial charge in [-0.2, -0.15) is 0 Å². The minimum Gasteiger partial charge on any atom is -0.483 e. The fourth-order valence-corrected chi connectivity index (χ4v) is 3.83. The number of carbonyl (C=O) groups is 1. The van der Waals surface area contributed by atoms with Crippen LogP contribution in [-0.4, -0.2) is 27.7 Å². The average Bonchev–Trinajstić information content (AvgIpc) is 3.20. The summed E-state index contributed by atoms with van der Waals surface area (Å²) in [5.74, 6) is 2.02. The molecule has 0 spiro atoms. The lowest BCUT2D eigenvalue weighted by atomic mass is 10.0. The van der Waals surface area contributed by atoms with Gasteiger partial charge < -0.3 is 18.8 Å². The number of hydrogen-bond acceptors (Lipinski definition) is 5. The van der Waals surface area contributed by atoms with Crippen molar-refractivity contribution in [2.45, 2.75) is 52.9 Å². The van der Waals surface area contributed by atoms with Gasteiger partial charge in [0.15, 0.2) is 11.5 Å². The van der Waals surface area contributed by atoms with Crippen molar-refractivity contribution in [2.75, 3.05) is 6.61 Å². The largest absolute Gasteiger partial charge is 0.483 e. The maximum absolute atomic E-state index is 12.0. The molecule has 1 aromatic heterocycles. The number of benzene rings is 2. The number of imidazole rings is 1. The zero-order valence-electron chi connectivity index (χ0n) is 17.3. The van der Waals surface area contributed by atoms with Gasteiger partial charge in [-0.25, -0.2) is 9.78 Å². The van der Waals surface area contributed by atoms with Gasteiger partial charge in [0.2, 0.25) is 0 Å². The maximum atomic E-state index is 12.0. The third-order valence-corrected chi connectivity index (χ3v) is 5.07. The molecule has 1 aliphatic heterocycles. The molecule has 0 amide bonds. The summed E-state index contributed by atoms with van der Waals surface area (Å²) in [7, 11) is 0. The Morgan fingerprint density at radius 2 is 2.07 bits per heavy atom. The molecule has 3 aromatic rings. The summed E-state index contributed by atoms with van der Waals surface area (Å²) in [6.45, 7) is 9.43. The number of aromatic nitrogens is 2. The monoisotopic (exact) mass is 394 g/mol. The van der Waals surface area contributed by atoms with E-state index in [0.29, 0.717) is 18.8 Å². The minimum atomic E-state index is -0.335. The minimum absolute atomic E-state index is 0.220. The molecule has 1 aliphatic rings. The van der Waals surface area contributed by atoms with Gasteiger partial charge >= 0.3 is 5.97 Å². The highest BCUT2D eigenvalue weighted by molar-refractivity contribution is 5.93. The van der Waals surface area contributed by atoms with E-state index in [0.717, 1.165) is 46.9 Å². The molecule has 6 nitrogen and oxygen atoms in total. The molecule has 0 unspecified atom stereocenters. The highest BCUT2D eigenvalue weighted by atomic mass is 16.5. The first-order chi connectivity index (χ1) is 13.9. The lowest BCUT2D eigenvalue weighted by Gasteiger charge is -2.18. The molecule has 6 heteroatoms. The van der Waals surface area contributed by atoms with E-state index in [1.807, 2.05) is 18.2 Å². The van der Waals surface area contributed by atoms with Crippen LogP contribution in [0.5, 0.6) is 11.5 Å². The summed E-state index contributed by atoms with van der Waals surface area (Å²) < 4.78 is 19.4. The van der Waals surface area contributed by atoms with Crippen LogP contribution >= 0.6 is 0 Å². The van der Waals surface area contributed by atoms with Crippen molar-refractivity contribution >= 4 is 17.0 Å². The second kappa shape index (κ2) is 7.43. The SMILES string of the molecule is CCOC(=O)c1ccc2c(c1)nc(COc1cccc3c1OC(C)(C)C3)n2CC. The lowest BCUT2D eigenvalue weighted by molar-refractivity contribution is 0.0526. The Balaban J connectivity index is 1.61. The third kappa shape index (κ3) is 3.67. The van der Waals surface area contributed by atoms with E-state index in [1.165, 1.54) is 0 Å². The van der Waals surface area contributed by atoms with Crippen LogP contribution < -0.4 is 9.47 Å². The Bertz CT molecular complexity index is 1070. The summed E-state index contributed by atoms with van der Waals surface area (Å²) in [4.78, 5) is 16.7. The van der Waals surface area contributed by atoms with Crippen LogP contribution in [0.4, 0.5) is 0 Å². The van der Waals surface area contributed by atoms with Crippen molar-refractivity contribution in [3.63, 3.8) is 0 Å². The summed E-state index contributed by atoms with van der Waals surface area (Å²) >= 11 is 0. The molecule has 0 aliphatic carbocycles. The normalized spacial score (nSPS) is 14.5. The molecule has 0 atom stereocenters. The maximum Gasteiger partial charge on any atom is 0.338 e. The van der Waals surface area contributed by atoms with Gasteiger partial charge in [-0.15, -0.1) is 0 Å². The van der Waals surface area contributed by atoms with E-state index in [4.69, 9.17) is 19.2 Å². The highest BCUT2D eigenvalue weighted by Crippen LogP contribution is 2.42. The van der Waals surface area contributed by atoms with Gasteiger partial charge in [-0.3, -0.25) is 0 Å². The zero-order valence-corrected chi connectivity index (χ0v) is 17.3. The third-order valence-electron chi connectivity index (χ3n) is 5.07. The molecule has 0 N–H and O–H groups in total. The van der Waals surface area contributed by atoms with Crippen LogP contribution in [0.1, 0.15) is 49.4 Å². The molecule has 29 heavy (non-hydrogen) atoms. The van der Waals surface area contributed by atoms with E-state index in [2.05, 4.69) is 31.4 Å². The first-order valence-electron chi connectivity index (χ1n) is 10.0. The van der Waals surface area contributed by atoms with Crippen molar-refractivity contribution in [3.8, 4) is 11.5 Å². The van der Waals surface area contributed by atoms with Crippen molar-refractivity contribution in [1.29, 1.82) is 0 Å². The van der Waals surface area contributed by atoms with Gasteiger partial charge in [0.1, 0.15) is 18.0 Å². The number of aryl methyl sites for hydroxylation is 1. The van der Waals surface area contributed by atoms with Crippen LogP contribution in [0, 0.1) is 0 Å². The number of carbonyl (C=O) groups excluding carboxylic acids is 1. The van der Waals surface area contributed by atoms with Crippen LogP contribution in [-0.2, 0) is 24.3 Å². The summed E-state index contributed by atoms with van der Waals surface area (Å²) in [6, 6.07) is 11.5. The first kappa shape index (κ1) is 19.3. The topological polar surface area (TPSA) is 62.6 Å². The predicted molar refractivity (Wildman–Crippen MR) is 111 cm³/mol. The number of nitrogens with zero attached hydrogens (tertiary/aromatic N) is 2. The van der Waals surface area contributed by atoms with Crippen LogP contribution in [0.2, 0.25) is 0 Å². The lowest BCUT2D eigenvalue weighted by Crippen LogP contribution is -2.24. The summed E-state index contributed by atoms with van der Waals surface area (Å²) in [6.07, 6.45) is 0.865. The molecule has 0 saturated heterocycles. The highest BCUT2D eigenvalue weighted by Gasteiger charge is 2.32. The predicted octanol–water partition coefficient (Wildman–Crippen LogP) is 4.53. The molecule has 0 radical (unpaired) electrons. The Kier molecular flexibility index (Phi) is 4.94. The van der Waals surface area contributed by atoms with Crippen LogP contribution in [0.25, 0.3) is 11.0 Å². The van der Waals surface area contributed by atoms with Gasteiger partial charge in [0.25, 0.3) is 0 Å². The van der Waals surface area contributed by atoms with E-state index in [-0.39, 0.29) is 11.6 Å². The summed E-state index contributed by atoms with van der Waals surface area (Å²) in [5.41, 5.74) is 3.17. The zero-order chi connectivity index (χ0) is 20.6. The smallest absolute Gasteiger partial charge is 0.338 e. The van der Waals surface area contributed by atoms with Crippen LogP contribution in [0.3, 0.4) is 0 Å². The molecular formula is C23H26N2O4. The van der Waals surface area contributed by atoms with E-state index >= 15 is 0 Å². The molecule has 152 valence electrons. The Labute approximate surface area is 170 Å². The average molecular weight is 394 g/mol. The van der Waals surface area contributed by atoms with Gasteiger partial charge in [-0.1, -0.05) is 12.1 Å². The quantitative estimate of drug-likeness (QED) is 0.575. The van der Waals surface area contributed by atoms with E-state index < -0.39 is 0 Å².